The highest BCUT2D eigenvalue weighted by molar-refractivity contribution is 5.87. The number of pyridine rings is 1. The van der Waals surface area contributed by atoms with Crippen molar-refractivity contribution in [3.05, 3.63) is 78.4 Å². The highest BCUT2D eigenvalue weighted by Gasteiger charge is 2.30. The Kier molecular flexibility index (Phi) is 6.87. The smallest absolute Gasteiger partial charge is 0.420 e. The van der Waals surface area contributed by atoms with E-state index in [1.54, 1.807) is 10.8 Å². The van der Waals surface area contributed by atoms with Gasteiger partial charge in [0.05, 0.1) is 35.6 Å². The lowest BCUT2D eigenvalue weighted by molar-refractivity contribution is 0.0367. The lowest BCUT2D eigenvalue weighted by Gasteiger charge is -2.35. The highest BCUT2D eigenvalue weighted by Crippen LogP contribution is 2.34. The van der Waals surface area contributed by atoms with Crippen LogP contribution in [0.5, 0.6) is 0 Å². The van der Waals surface area contributed by atoms with Gasteiger partial charge in [-0.3, -0.25) is 9.88 Å². The average molecular weight is 487 g/mol. The third kappa shape index (κ3) is 5.04. The molecule has 0 bridgehead atoms. The lowest BCUT2D eigenvalue weighted by atomic mass is 9.90. The van der Waals surface area contributed by atoms with Gasteiger partial charge < -0.3 is 9.30 Å². The molecule has 3 heterocycles. The van der Waals surface area contributed by atoms with Crippen LogP contribution >= 0.6 is 0 Å². The zero-order valence-electron chi connectivity index (χ0n) is 21.3. The maximum absolute atomic E-state index is 13.5. The van der Waals surface area contributed by atoms with Crippen LogP contribution in [0.25, 0.3) is 11.0 Å². The molecule has 0 amide bonds. The summed E-state index contributed by atoms with van der Waals surface area (Å²) in [4.78, 5) is 29.8. The van der Waals surface area contributed by atoms with Gasteiger partial charge in [-0.25, -0.2) is 19.3 Å². The highest BCUT2D eigenvalue weighted by atomic mass is 16.6. The molecule has 0 spiro atoms. The minimum Gasteiger partial charge on any atom is -0.443 e. The molecular formula is C28H34N6O2. The Morgan fingerprint density at radius 2 is 2.06 bits per heavy atom. The molecule has 188 valence electrons. The number of carbonyl (C=O) groups excluding carboxylic acids is 1. The largest absolute Gasteiger partial charge is 0.443 e. The first kappa shape index (κ1) is 24.2. The van der Waals surface area contributed by atoms with E-state index in [0.717, 1.165) is 55.5 Å². The minimum atomic E-state index is -0.562. The molecular weight excluding hydrogens is 452 g/mol. The molecule has 0 fully saturated rings. The minimum absolute atomic E-state index is 0.148. The molecule has 1 aromatic carbocycles. The van der Waals surface area contributed by atoms with Gasteiger partial charge in [0.1, 0.15) is 11.4 Å². The summed E-state index contributed by atoms with van der Waals surface area (Å²) >= 11 is 0. The molecule has 3 aromatic heterocycles. The third-order valence-electron chi connectivity index (χ3n) is 7.18. The monoisotopic (exact) mass is 486 g/mol. The number of benzene rings is 1. The van der Waals surface area contributed by atoms with Crippen molar-refractivity contribution in [1.82, 2.24) is 29.0 Å². The zero-order valence-corrected chi connectivity index (χ0v) is 21.3. The van der Waals surface area contributed by atoms with Crippen LogP contribution in [0.2, 0.25) is 0 Å². The van der Waals surface area contributed by atoms with Gasteiger partial charge in [0.2, 0.25) is 0 Å². The molecule has 4 aromatic rings. The van der Waals surface area contributed by atoms with Gasteiger partial charge >= 0.3 is 6.09 Å². The van der Waals surface area contributed by atoms with E-state index in [9.17, 15) is 4.79 Å². The Bertz CT molecular complexity index is 1330. The molecule has 0 saturated carbocycles. The molecule has 8 nitrogen and oxygen atoms in total. The van der Waals surface area contributed by atoms with E-state index in [0.29, 0.717) is 12.4 Å². The molecule has 0 radical (unpaired) electrons. The van der Waals surface area contributed by atoms with E-state index >= 15 is 0 Å². The Hall–Kier alpha value is -3.52. The van der Waals surface area contributed by atoms with Crippen LogP contribution in [0.15, 0.2) is 61.3 Å². The number of aromatic nitrogens is 5. The summed E-state index contributed by atoms with van der Waals surface area (Å²) in [5.41, 5.74) is 3.43. The SMILES string of the molecule is CCC(C)(C)OC(=O)n1c(CN(CCn2ccnc2)C2CCCc3cccnc32)nc2ccccc21. The van der Waals surface area contributed by atoms with Crippen LogP contribution in [0.4, 0.5) is 4.79 Å². The quantitative estimate of drug-likeness (QED) is 0.333. The van der Waals surface area contributed by atoms with Crippen molar-refractivity contribution in [3.63, 3.8) is 0 Å². The van der Waals surface area contributed by atoms with Crippen molar-refractivity contribution in [2.24, 2.45) is 0 Å². The van der Waals surface area contributed by atoms with E-state index in [-0.39, 0.29) is 12.1 Å². The number of nitrogens with zero attached hydrogens (tertiary/aromatic N) is 6. The average Bonchev–Trinajstić information content (AvgIpc) is 3.53. The third-order valence-corrected chi connectivity index (χ3v) is 7.18. The number of hydrogen-bond donors (Lipinski definition) is 0. The first-order valence-corrected chi connectivity index (χ1v) is 12.8. The summed E-state index contributed by atoms with van der Waals surface area (Å²) in [6.45, 7) is 7.96. The lowest BCUT2D eigenvalue weighted by Crippen LogP contribution is -2.36. The van der Waals surface area contributed by atoms with Crippen LogP contribution in [0.1, 0.15) is 63.2 Å². The van der Waals surface area contributed by atoms with Gasteiger partial charge in [-0.15, -0.1) is 0 Å². The van der Waals surface area contributed by atoms with Crippen LogP contribution in [-0.2, 0) is 24.2 Å². The van der Waals surface area contributed by atoms with Gasteiger partial charge in [0.15, 0.2) is 0 Å². The molecule has 36 heavy (non-hydrogen) atoms. The first-order valence-electron chi connectivity index (χ1n) is 12.8. The topological polar surface area (TPSA) is 78.1 Å². The summed E-state index contributed by atoms with van der Waals surface area (Å²) in [6.07, 6.45) is 11.0. The Morgan fingerprint density at radius 3 is 2.86 bits per heavy atom. The van der Waals surface area contributed by atoms with Gasteiger partial charge in [-0.2, -0.15) is 0 Å². The fraction of sp³-hybridized carbons (Fsp3) is 0.429. The van der Waals surface area contributed by atoms with Crippen LogP contribution in [0, 0.1) is 0 Å². The summed E-state index contributed by atoms with van der Waals surface area (Å²) in [6, 6.07) is 12.1. The van der Waals surface area contributed by atoms with E-state index in [1.807, 2.05) is 69.8 Å². The molecule has 1 unspecified atom stereocenters. The number of aryl methyl sites for hydroxylation is 1. The van der Waals surface area contributed by atoms with Crippen molar-refractivity contribution in [2.75, 3.05) is 6.54 Å². The van der Waals surface area contributed by atoms with E-state index < -0.39 is 5.60 Å². The van der Waals surface area contributed by atoms with E-state index in [2.05, 4.69) is 20.5 Å². The second-order valence-corrected chi connectivity index (χ2v) is 10.1. The summed E-state index contributed by atoms with van der Waals surface area (Å²) in [5.74, 6) is 0.682. The Balaban J connectivity index is 1.52. The van der Waals surface area contributed by atoms with Gasteiger partial charge in [0, 0.05) is 31.7 Å². The molecule has 0 saturated heterocycles. The van der Waals surface area contributed by atoms with Crippen molar-refractivity contribution < 1.29 is 9.53 Å². The molecule has 1 aliphatic carbocycles. The fourth-order valence-corrected chi connectivity index (χ4v) is 4.87. The number of para-hydroxylation sites is 2. The molecule has 8 heteroatoms. The second kappa shape index (κ2) is 10.2. The molecule has 1 aliphatic rings. The Labute approximate surface area is 211 Å². The molecule has 1 atom stereocenters. The number of fused-ring (bicyclic) bond motifs is 2. The number of hydrogen-bond acceptors (Lipinski definition) is 6. The maximum Gasteiger partial charge on any atom is 0.420 e. The normalized spacial score (nSPS) is 15.8. The fourth-order valence-electron chi connectivity index (χ4n) is 4.87. The predicted molar refractivity (Wildman–Crippen MR) is 139 cm³/mol. The summed E-state index contributed by atoms with van der Waals surface area (Å²) < 4.78 is 9.65. The number of carbonyl (C=O) groups is 1. The molecule has 0 aliphatic heterocycles. The number of ether oxygens (including phenoxy) is 1. The van der Waals surface area contributed by atoms with Gasteiger partial charge in [-0.1, -0.05) is 25.1 Å². The van der Waals surface area contributed by atoms with Crippen LogP contribution < -0.4 is 0 Å². The van der Waals surface area contributed by atoms with E-state index in [4.69, 9.17) is 14.7 Å². The first-order chi connectivity index (χ1) is 17.4. The van der Waals surface area contributed by atoms with E-state index in [1.165, 1.54) is 5.56 Å². The van der Waals surface area contributed by atoms with Crippen molar-refractivity contribution in [2.45, 2.75) is 71.2 Å². The summed E-state index contributed by atoms with van der Waals surface area (Å²) in [5, 5.41) is 0. The predicted octanol–water partition coefficient (Wildman–Crippen LogP) is 5.38. The Morgan fingerprint density at radius 1 is 1.19 bits per heavy atom. The van der Waals surface area contributed by atoms with Gasteiger partial charge in [0.25, 0.3) is 0 Å². The van der Waals surface area contributed by atoms with Crippen molar-refractivity contribution in [1.29, 1.82) is 0 Å². The maximum atomic E-state index is 13.5. The molecule has 5 rings (SSSR count). The zero-order chi connectivity index (χ0) is 25.1. The van der Waals surface area contributed by atoms with Crippen molar-refractivity contribution >= 4 is 17.1 Å². The number of rotatable bonds is 8. The van der Waals surface area contributed by atoms with Crippen LogP contribution in [0.3, 0.4) is 0 Å². The van der Waals surface area contributed by atoms with Crippen molar-refractivity contribution in [3.8, 4) is 0 Å². The second-order valence-electron chi connectivity index (χ2n) is 10.1. The van der Waals surface area contributed by atoms with Crippen LogP contribution in [-0.4, -0.2) is 47.2 Å². The number of imidazole rings is 2. The van der Waals surface area contributed by atoms with Gasteiger partial charge in [-0.05, 0) is 63.3 Å². The summed E-state index contributed by atoms with van der Waals surface area (Å²) in [7, 11) is 0. The molecule has 0 N–H and O–H groups in total. The standard InChI is InChI=1S/C28H34N6O2/c1-4-28(2,3)36-27(35)34-23-12-6-5-11-22(23)31-25(34)19-33(18-17-32-16-15-29-20-32)24-13-7-9-21-10-8-14-30-26(21)24/h5-6,8,10-12,14-16,20,24H,4,7,9,13,17-19H2,1-3H3.